The first-order valence-corrected chi connectivity index (χ1v) is 7.61. The number of ether oxygens (including phenoxy) is 1. The second-order valence-corrected chi connectivity index (χ2v) is 6.34. The Morgan fingerprint density at radius 1 is 1.38 bits per heavy atom. The second-order valence-electron chi connectivity index (χ2n) is 6.34. The molecule has 5 heteroatoms. The lowest BCUT2D eigenvalue weighted by molar-refractivity contribution is -0.384. The Labute approximate surface area is 125 Å². The number of anilines is 1. The molecule has 0 aromatic heterocycles. The van der Waals surface area contributed by atoms with Crippen molar-refractivity contribution in [1.82, 2.24) is 0 Å². The first kappa shape index (κ1) is 15.6. The van der Waals surface area contributed by atoms with Crippen molar-refractivity contribution in [2.45, 2.75) is 52.5 Å². The van der Waals surface area contributed by atoms with Crippen molar-refractivity contribution in [3.8, 4) is 5.75 Å². The molecule has 2 rings (SSSR count). The molecule has 0 spiro atoms. The maximum absolute atomic E-state index is 11.1. The van der Waals surface area contributed by atoms with Crippen LogP contribution in [0.15, 0.2) is 18.2 Å². The van der Waals surface area contributed by atoms with E-state index in [0.717, 1.165) is 12.1 Å². The molecule has 1 N–H and O–H groups in total. The summed E-state index contributed by atoms with van der Waals surface area (Å²) in [5.41, 5.74) is 1.04. The normalized spacial score (nSPS) is 20.8. The Balaban J connectivity index is 2.23. The van der Waals surface area contributed by atoms with Crippen LogP contribution in [0, 0.1) is 15.5 Å². The number of rotatable bonds is 5. The summed E-state index contributed by atoms with van der Waals surface area (Å²) in [5, 5.41) is 14.5. The van der Waals surface area contributed by atoms with E-state index in [1.165, 1.54) is 25.3 Å². The maximum Gasteiger partial charge on any atom is 0.275 e. The number of nitrogens with one attached hydrogen (secondary N) is 1. The number of hydrogen-bond acceptors (Lipinski definition) is 4. The molecule has 0 saturated heterocycles. The molecule has 1 fully saturated rings. The van der Waals surface area contributed by atoms with Crippen molar-refractivity contribution in [2.75, 3.05) is 11.9 Å². The summed E-state index contributed by atoms with van der Waals surface area (Å²) in [4.78, 5) is 10.7. The third kappa shape index (κ3) is 3.86. The zero-order valence-corrected chi connectivity index (χ0v) is 13.0. The van der Waals surface area contributed by atoms with Crippen LogP contribution in [0.4, 0.5) is 11.4 Å². The van der Waals surface area contributed by atoms with Gasteiger partial charge in [-0.05, 0) is 25.2 Å². The third-order valence-electron chi connectivity index (χ3n) is 4.26. The number of nitrogens with zero attached hydrogens (tertiary/aromatic N) is 1. The monoisotopic (exact) mass is 292 g/mol. The largest absolute Gasteiger partial charge is 0.494 e. The van der Waals surface area contributed by atoms with E-state index in [1.54, 1.807) is 6.07 Å². The molecule has 0 aliphatic heterocycles. The van der Waals surface area contributed by atoms with Crippen molar-refractivity contribution in [1.29, 1.82) is 0 Å². The molecule has 0 heterocycles. The van der Waals surface area contributed by atoms with Crippen LogP contribution in [-0.4, -0.2) is 17.6 Å². The minimum atomic E-state index is -0.375. The van der Waals surface area contributed by atoms with Gasteiger partial charge in [-0.1, -0.05) is 26.7 Å². The van der Waals surface area contributed by atoms with Gasteiger partial charge in [0.1, 0.15) is 5.75 Å². The number of nitro benzene ring substituents is 1. The molecule has 1 aromatic carbocycles. The van der Waals surface area contributed by atoms with Crippen LogP contribution in [0.5, 0.6) is 5.75 Å². The first-order chi connectivity index (χ1) is 9.92. The van der Waals surface area contributed by atoms with Crippen LogP contribution >= 0.6 is 0 Å². The molecular weight excluding hydrogens is 268 g/mol. The zero-order chi connectivity index (χ0) is 15.5. The average Bonchev–Trinajstić information content (AvgIpc) is 2.41. The molecule has 1 saturated carbocycles. The van der Waals surface area contributed by atoms with Gasteiger partial charge in [0, 0.05) is 23.9 Å². The highest BCUT2D eigenvalue weighted by Crippen LogP contribution is 2.38. The van der Waals surface area contributed by atoms with E-state index in [4.69, 9.17) is 4.74 Å². The summed E-state index contributed by atoms with van der Waals surface area (Å²) in [6.07, 6.45) is 4.73. The standard InChI is InChI=1S/C16H24N2O3/c1-4-21-14-10-12(9-13(11-14)18(19)20)17-15-7-5-6-8-16(15,2)3/h9-11,15,17H,4-8H2,1-3H3. The van der Waals surface area contributed by atoms with Gasteiger partial charge in [0.2, 0.25) is 0 Å². The maximum atomic E-state index is 11.1. The molecule has 1 aromatic rings. The fourth-order valence-electron chi connectivity index (χ4n) is 2.98. The summed E-state index contributed by atoms with van der Waals surface area (Å²) < 4.78 is 5.43. The molecule has 0 bridgehead atoms. The van der Waals surface area contributed by atoms with Crippen molar-refractivity contribution in [3.63, 3.8) is 0 Å². The highest BCUT2D eigenvalue weighted by molar-refractivity contribution is 5.57. The highest BCUT2D eigenvalue weighted by Gasteiger charge is 2.32. The smallest absolute Gasteiger partial charge is 0.275 e. The molecule has 116 valence electrons. The van der Waals surface area contributed by atoms with Crippen LogP contribution < -0.4 is 10.1 Å². The molecule has 1 atom stereocenters. The Morgan fingerprint density at radius 2 is 2.14 bits per heavy atom. The van der Waals surface area contributed by atoms with Crippen LogP contribution in [0.3, 0.4) is 0 Å². The van der Waals surface area contributed by atoms with E-state index in [2.05, 4.69) is 19.2 Å². The highest BCUT2D eigenvalue weighted by atomic mass is 16.6. The van der Waals surface area contributed by atoms with Gasteiger partial charge in [-0.25, -0.2) is 0 Å². The number of nitro groups is 1. The topological polar surface area (TPSA) is 64.4 Å². The van der Waals surface area contributed by atoms with Crippen molar-refractivity contribution < 1.29 is 9.66 Å². The molecule has 1 unspecified atom stereocenters. The van der Waals surface area contributed by atoms with Gasteiger partial charge in [-0.3, -0.25) is 10.1 Å². The fraction of sp³-hybridized carbons (Fsp3) is 0.625. The SMILES string of the molecule is CCOc1cc(NC2CCCCC2(C)C)cc([N+](=O)[O-])c1. The molecule has 21 heavy (non-hydrogen) atoms. The molecule has 0 amide bonds. The summed E-state index contributed by atoms with van der Waals surface area (Å²) in [6, 6.07) is 5.25. The summed E-state index contributed by atoms with van der Waals surface area (Å²) in [5.74, 6) is 0.544. The molecule has 5 nitrogen and oxygen atoms in total. The van der Waals surface area contributed by atoms with Crippen LogP contribution in [0.2, 0.25) is 0 Å². The van der Waals surface area contributed by atoms with Crippen molar-refractivity contribution >= 4 is 11.4 Å². The van der Waals surface area contributed by atoms with Crippen LogP contribution in [0.1, 0.15) is 46.5 Å². The van der Waals surface area contributed by atoms with Gasteiger partial charge in [0.25, 0.3) is 5.69 Å². The van der Waals surface area contributed by atoms with E-state index >= 15 is 0 Å². The second kappa shape index (κ2) is 6.33. The van der Waals surface area contributed by atoms with Crippen molar-refractivity contribution in [2.24, 2.45) is 5.41 Å². The van der Waals surface area contributed by atoms with E-state index in [0.29, 0.717) is 18.4 Å². The minimum Gasteiger partial charge on any atom is -0.494 e. The molecule has 1 aliphatic rings. The van der Waals surface area contributed by atoms with E-state index < -0.39 is 0 Å². The van der Waals surface area contributed by atoms with Gasteiger partial charge in [-0.2, -0.15) is 0 Å². The Bertz CT molecular complexity index is 514. The minimum absolute atomic E-state index is 0.0667. The Morgan fingerprint density at radius 3 is 2.76 bits per heavy atom. The van der Waals surface area contributed by atoms with E-state index in [9.17, 15) is 10.1 Å². The van der Waals surface area contributed by atoms with Gasteiger partial charge < -0.3 is 10.1 Å². The van der Waals surface area contributed by atoms with Gasteiger partial charge in [-0.15, -0.1) is 0 Å². The third-order valence-corrected chi connectivity index (χ3v) is 4.26. The van der Waals surface area contributed by atoms with Crippen molar-refractivity contribution in [3.05, 3.63) is 28.3 Å². The lowest BCUT2D eigenvalue weighted by atomic mass is 9.73. The predicted octanol–water partition coefficient (Wildman–Crippen LogP) is 4.37. The molecule has 1 aliphatic carbocycles. The van der Waals surface area contributed by atoms with Gasteiger partial charge >= 0.3 is 0 Å². The van der Waals surface area contributed by atoms with E-state index in [1.807, 2.05) is 13.0 Å². The Kier molecular flexibility index (Phi) is 4.70. The summed E-state index contributed by atoms with van der Waals surface area (Å²) in [6.45, 7) is 6.88. The zero-order valence-electron chi connectivity index (χ0n) is 13.0. The summed E-state index contributed by atoms with van der Waals surface area (Å²) in [7, 11) is 0. The molecular formula is C16H24N2O3. The number of benzene rings is 1. The average molecular weight is 292 g/mol. The van der Waals surface area contributed by atoms with Gasteiger partial charge in [0.05, 0.1) is 17.6 Å². The lowest BCUT2D eigenvalue weighted by Crippen LogP contribution is -2.38. The number of hydrogen-bond donors (Lipinski definition) is 1. The fourth-order valence-corrected chi connectivity index (χ4v) is 2.98. The van der Waals surface area contributed by atoms with Gasteiger partial charge in [0.15, 0.2) is 0 Å². The first-order valence-electron chi connectivity index (χ1n) is 7.61. The number of non-ortho nitro benzene ring substituents is 1. The van der Waals surface area contributed by atoms with E-state index in [-0.39, 0.29) is 16.0 Å². The van der Waals surface area contributed by atoms with Crippen LogP contribution in [0.25, 0.3) is 0 Å². The van der Waals surface area contributed by atoms with Crippen LogP contribution in [-0.2, 0) is 0 Å². The predicted molar refractivity (Wildman–Crippen MR) is 83.9 cm³/mol. The quantitative estimate of drug-likeness (QED) is 0.646. The summed E-state index contributed by atoms with van der Waals surface area (Å²) >= 11 is 0. The molecule has 0 radical (unpaired) electrons. The lowest BCUT2D eigenvalue weighted by Gasteiger charge is -2.39. The Hall–Kier alpha value is -1.78.